The molecule has 22 heavy (non-hydrogen) atoms. The van der Waals surface area contributed by atoms with Gasteiger partial charge in [0.25, 0.3) is 0 Å². The SMILES string of the molecule is F[B-](F)(F)COCc1ccccc1C#Cc1ccccc1.[K+]. The zero-order chi connectivity index (χ0) is 15.1. The van der Waals surface area contributed by atoms with Crippen molar-refractivity contribution in [2.75, 3.05) is 6.51 Å². The largest absolute Gasteiger partial charge is 1.00 e. The molecule has 0 aliphatic carbocycles. The van der Waals surface area contributed by atoms with Crippen LogP contribution >= 0.6 is 0 Å². The number of hydrogen-bond donors (Lipinski definition) is 0. The van der Waals surface area contributed by atoms with Crippen LogP contribution < -0.4 is 51.4 Å². The maximum absolute atomic E-state index is 12.1. The summed E-state index contributed by atoms with van der Waals surface area (Å²) in [4.78, 5) is 0. The molecule has 108 valence electrons. The summed E-state index contributed by atoms with van der Waals surface area (Å²) in [5.41, 5.74) is 2.18. The van der Waals surface area contributed by atoms with Gasteiger partial charge in [-0.2, -0.15) is 0 Å². The quantitative estimate of drug-likeness (QED) is 0.601. The van der Waals surface area contributed by atoms with Gasteiger partial charge in [-0.25, -0.2) is 0 Å². The van der Waals surface area contributed by atoms with E-state index in [2.05, 4.69) is 11.8 Å². The minimum atomic E-state index is -4.92. The minimum absolute atomic E-state index is 0. The van der Waals surface area contributed by atoms with Crippen LogP contribution in [0.2, 0.25) is 0 Å². The van der Waals surface area contributed by atoms with Gasteiger partial charge in [-0.15, -0.1) is 0 Å². The zero-order valence-electron chi connectivity index (χ0n) is 12.2. The molecule has 0 bridgehead atoms. The molecule has 2 aromatic carbocycles. The van der Waals surface area contributed by atoms with Crippen LogP contribution in [0.4, 0.5) is 12.9 Å². The molecule has 0 aliphatic heterocycles. The predicted octanol–water partition coefficient (Wildman–Crippen LogP) is 0.994. The van der Waals surface area contributed by atoms with Crippen LogP contribution in [-0.4, -0.2) is 13.5 Å². The van der Waals surface area contributed by atoms with Gasteiger partial charge in [-0.05, 0) is 23.8 Å². The van der Waals surface area contributed by atoms with Crippen molar-refractivity contribution in [1.29, 1.82) is 0 Å². The van der Waals surface area contributed by atoms with Gasteiger partial charge < -0.3 is 17.7 Å². The Balaban J connectivity index is 0.00000242. The second kappa shape index (κ2) is 9.56. The summed E-state index contributed by atoms with van der Waals surface area (Å²) >= 11 is 0. The van der Waals surface area contributed by atoms with E-state index in [9.17, 15) is 12.9 Å². The summed E-state index contributed by atoms with van der Waals surface area (Å²) < 4.78 is 41.1. The Kier molecular flexibility index (Phi) is 8.47. The van der Waals surface area contributed by atoms with Gasteiger partial charge in [-0.3, -0.25) is 0 Å². The summed E-state index contributed by atoms with van der Waals surface area (Å²) in [6.07, 6.45) is 0. The summed E-state index contributed by atoms with van der Waals surface area (Å²) in [5.74, 6) is 5.96. The maximum Gasteiger partial charge on any atom is 1.00 e. The second-order valence-electron chi connectivity index (χ2n) is 4.50. The van der Waals surface area contributed by atoms with Crippen molar-refractivity contribution in [2.45, 2.75) is 6.61 Å². The molecule has 1 nitrogen and oxygen atoms in total. The number of halogens is 3. The van der Waals surface area contributed by atoms with Gasteiger partial charge >= 0.3 is 58.4 Å². The summed E-state index contributed by atoms with van der Waals surface area (Å²) in [5, 5.41) is 0. The zero-order valence-corrected chi connectivity index (χ0v) is 15.4. The maximum atomic E-state index is 12.1. The first-order chi connectivity index (χ1) is 10.0. The Bertz CT molecular complexity index is 648. The molecule has 0 heterocycles. The molecule has 0 saturated carbocycles. The fourth-order valence-corrected chi connectivity index (χ4v) is 1.73. The smallest absolute Gasteiger partial charge is 0.447 e. The van der Waals surface area contributed by atoms with E-state index in [1.807, 2.05) is 30.3 Å². The van der Waals surface area contributed by atoms with Gasteiger partial charge in [-0.1, -0.05) is 48.2 Å². The van der Waals surface area contributed by atoms with Gasteiger partial charge in [0, 0.05) is 17.6 Å². The van der Waals surface area contributed by atoms with Crippen LogP contribution in [0.1, 0.15) is 16.7 Å². The third-order valence-corrected chi connectivity index (χ3v) is 2.70. The standard InChI is InChI=1S/C16H13BF3O.K/c18-17(19,20)13-21-12-16-9-5-4-8-15(16)11-10-14-6-2-1-3-7-14;/h1-9H,12-13H2;/q-1;+1. The van der Waals surface area contributed by atoms with E-state index in [-0.39, 0.29) is 58.0 Å². The molecule has 0 spiro atoms. The number of ether oxygens (including phenoxy) is 1. The van der Waals surface area contributed by atoms with Crippen molar-refractivity contribution in [3.63, 3.8) is 0 Å². The number of rotatable bonds is 4. The molecule has 0 aromatic heterocycles. The van der Waals surface area contributed by atoms with Gasteiger partial charge in [0.2, 0.25) is 0 Å². The van der Waals surface area contributed by atoms with Crippen molar-refractivity contribution >= 4 is 6.98 Å². The van der Waals surface area contributed by atoms with Crippen molar-refractivity contribution in [2.24, 2.45) is 0 Å². The molecule has 0 amide bonds. The van der Waals surface area contributed by atoms with Crippen LogP contribution in [0.25, 0.3) is 0 Å². The topological polar surface area (TPSA) is 9.23 Å². The molecule has 0 N–H and O–H groups in total. The van der Waals surface area contributed by atoms with E-state index in [1.165, 1.54) is 0 Å². The molecular weight excluding hydrogens is 315 g/mol. The Morgan fingerprint density at radius 3 is 2.18 bits per heavy atom. The predicted molar refractivity (Wildman–Crippen MR) is 77.6 cm³/mol. The van der Waals surface area contributed by atoms with Gasteiger partial charge in [0.05, 0.1) is 6.61 Å². The first-order valence-corrected chi connectivity index (χ1v) is 6.48. The number of benzene rings is 2. The van der Waals surface area contributed by atoms with E-state index in [0.717, 1.165) is 5.56 Å². The monoisotopic (exact) mass is 328 g/mol. The normalized spacial score (nSPS) is 10.3. The minimum Gasteiger partial charge on any atom is -0.447 e. The molecule has 0 radical (unpaired) electrons. The fourth-order valence-electron chi connectivity index (χ4n) is 1.73. The van der Waals surface area contributed by atoms with Crippen LogP contribution in [0.15, 0.2) is 54.6 Å². The fraction of sp³-hybridized carbons (Fsp3) is 0.125. The molecule has 2 aromatic rings. The molecule has 0 unspecified atom stereocenters. The average molecular weight is 328 g/mol. The molecule has 0 aliphatic rings. The van der Waals surface area contributed by atoms with Crippen molar-refractivity contribution in [3.8, 4) is 11.8 Å². The Morgan fingerprint density at radius 1 is 0.864 bits per heavy atom. The molecule has 2 rings (SSSR count). The Hall–Kier alpha value is -0.549. The van der Waals surface area contributed by atoms with Gasteiger partial charge in [0.15, 0.2) is 0 Å². The average Bonchev–Trinajstić information content (AvgIpc) is 2.46. The summed E-state index contributed by atoms with van der Waals surface area (Å²) in [6, 6.07) is 16.4. The first kappa shape index (κ1) is 19.5. The van der Waals surface area contributed by atoms with E-state index in [0.29, 0.717) is 11.1 Å². The van der Waals surface area contributed by atoms with Crippen molar-refractivity contribution in [3.05, 3.63) is 71.3 Å². The number of hydrogen-bond acceptors (Lipinski definition) is 1. The van der Waals surface area contributed by atoms with Crippen molar-refractivity contribution in [1.82, 2.24) is 0 Å². The Labute approximate surface area is 170 Å². The van der Waals surface area contributed by atoms with Crippen LogP contribution in [0, 0.1) is 11.8 Å². The van der Waals surface area contributed by atoms with Crippen LogP contribution in [-0.2, 0) is 11.3 Å². The third-order valence-electron chi connectivity index (χ3n) is 2.70. The van der Waals surface area contributed by atoms with Gasteiger partial charge in [0.1, 0.15) is 0 Å². The Morgan fingerprint density at radius 2 is 1.50 bits per heavy atom. The van der Waals surface area contributed by atoms with E-state index < -0.39 is 13.5 Å². The molecule has 0 fully saturated rings. The summed E-state index contributed by atoms with van der Waals surface area (Å²) in [7, 11) is 0. The van der Waals surface area contributed by atoms with Crippen LogP contribution in [0.3, 0.4) is 0 Å². The van der Waals surface area contributed by atoms with Crippen molar-refractivity contribution < 1.29 is 69.1 Å². The molecule has 0 saturated heterocycles. The second-order valence-corrected chi connectivity index (χ2v) is 4.50. The molecule has 6 heteroatoms. The van der Waals surface area contributed by atoms with E-state index >= 15 is 0 Å². The third kappa shape index (κ3) is 7.14. The van der Waals surface area contributed by atoms with E-state index in [1.54, 1.807) is 24.3 Å². The van der Waals surface area contributed by atoms with E-state index in [4.69, 9.17) is 4.74 Å². The van der Waals surface area contributed by atoms with Crippen LogP contribution in [0.5, 0.6) is 0 Å². The first-order valence-electron chi connectivity index (χ1n) is 6.48. The molecular formula is C16H13BF3KO. The summed E-state index contributed by atoms with van der Waals surface area (Å²) in [6.45, 7) is -6.21. The molecule has 0 atom stereocenters.